The molecule has 3 nitrogen and oxygen atoms in total. The number of hydrogen-bond acceptors (Lipinski definition) is 4. The lowest BCUT2D eigenvalue weighted by molar-refractivity contribution is 0.197. The van der Waals surface area contributed by atoms with Gasteiger partial charge >= 0.3 is 0 Å². The van der Waals surface area contributed by atoms with Crippen LogP contribution in [0, 0.1) is 5.82 Å². The third-order valence-electron chi connectivity index (χ3n) is 3.70. The number of ether oxygens (including phenoxy) is 1. The molecule has 0 bridgehead atoms. The normalized spacial score (nSPS) is 15.1. The molecule has 0 fully saturated rings. The lowest BCUT2D eigenvalue weighted by Crippen LogP contribution is -2.26. The van der Waals surface area contributed by atoms with Crippen LogP contribution in [0.3, 0.4) is 0 Å². The number of benzene rings is 1. The minimum Gasteiger partial charge on any atom is -0.383 e. The van der Waals surface area contributed by atoms with E-state index in [1.54, 1.807) is 30.6 Å². The summed E-state index contributed by atoms with van der Waals surface area (Å²) >= 11 is 1.75. The van der Waals surface area contributed by atoms with Gasteiger partial charge in [-0.1, -0.05) is 12.1 Å². The highest BCUT2D eigenvalue weighted by Crippen LogP contribution is 2.33. The summed E-state index contributed by atoms with van der Waals surface area (Å²) in [5, 5.41) is 4.45. The second-order valence-electron chi connectivity index (χ2n) is 5.21. The first-order valence-corrected chi connectivity index (χ1v) is 8.06. The Kier molecular flexibility index (Phi) is 4.63. The van der Waals surface area contributed by atoms with E-state index >= 15 is 0 Å². The molecule has 1 heterocycles. The van der Waals surface area contributed by atoms with Crippen LogP contribution in [0.25, 0.3) is 0 Å². The largest absolute Gasteiger partial charge is 0.383 e. The number of nitrogens with one attached hydrogen (secondary N) is 1. The van der Waals surface area contributed by atoms with Gasteiger partial charge in [0, 0.05) is 18.5 Å². The van der Waals surface area contributed by atoms with Crippen molar-refractivity contribution in [3.05, 3.63) is 51.2 Å². The SMILES string of the molecule is COCCNC(c1cccc(F)c1)c1nc2c(s1)CCC2. The molecule has 0 spiro atoms. The van der Waals surface area contributed by atoms with Gasteiger partial charge in [-0.15, -0.1) is 11.3 Å². The average Bonchev–Trinajstić information content (AvgIpc) is 3.05. The fourth-order valence-electron chi connectivity index (χ4n) is 2.67. The number of hydrogen-bond donors (Lipinski definition) is 1. The number of aryl methyl sites for hydroxylation is 2. The van der Waals surface area contributed by atoms with E-state index in [4.69, 9.17) is 9.72 Å². The Hall–Kier alpha value is -1.30. The molecule has 2 aromatic rings. The summed E-state index contributed by atoms with van der Waals surface area (Å²) in [5.74, 6) is -0.213. The molecule has 0 radical (unpaired) electrons. The summed E-state index contributed by atoms with van der Waals surface area (Å²) in [6.45, 7) is 1.33. The van der Waals surface area contributed by atoms with Crippen molar-refractivity contribution in [2.24, 2.45) is 0 Å². The molecule has 0 amide bonds. The van der Waals surface area contributed by atoms with Crippen molar-refractivity contribution in [2.45, 2.75) is 25.3 Å². The Morgan fingerprint density at radius 3 is 3.10 bits per heavy atom. The van der Waals surface area contributed by atoms with E-state index in [0.717, 1.165) is 23.4 Å². The van der Waals surface area contributed by atoms with Gasteiger partial charge in [-0.2, -0.15) is 0 Å². The zero-order valence-corrected chi connectivity index (χ0v) is 12.9. The fourth-order valence-corrected chi connectivity index (χ4v) is 3.93. The van der Waals surface area contributed by atoms with Gasteiger partial charge in [0.1, 0.15) is 10.8 Å². The predicted octanol–water partition coefficient (Wildman–Crippen LogP) is 3.10. The standard InChI is InChI=1S/C16H19FN2OS/c1-20-9-8-18-15(11-4-2-5-12(17)10-11)16-19-13-6-3-7-14(13)21-16/h2,4-5,10,15,18H,3,6-9H2,1H3. The first-order valence-electron chi connectivity index (χ1n) is 7.24. The number of aromatic nitrogens is 1. The highest BCUT2D eigenvalue weighted by Gasteiger charge is 2.23. The lowest BCUT2D eigenvalue weighted by Gasteiger charge is -2.17. The number of methoxy groups -OCH3 is 1. The quantitative estimate of drug-likeness (QED) is 0.833. The number of rotatable bonds is 6. The van der Waals surface area contributed by atoms with Gasteiger partial charge in [-0.05, 0) is 37.0 Å². The van der Waals surface area contributed by atoms with Crippen LogP contribution in [-0.2, 0) is 17.6 Å². The topological polar surface area (TPSA) is 34.1 Å². The highest BCUT2D eigenvalue weighted by molar-refractivity contribution is 7.11. The summed E-state index contributed by atoms with van der Waals surface area (Å²) in [5.41, 5.74) is 2.14. The van der Waals surface area contributed by atoms with Gasteiger partial charge in [-0.25, -0.2) is 9.37 Å². The van der Waals surface area contributed by atoms with Gasteiger partial charge in [0.2, 0.25) is 0 Å². The second-order valence-corrected chi connectivity index (χ2v) is 6.33. The van der Waals surface area contributed by atoms with Crippen LogP contribution in [0.5, 0.6) is 0 Å². The monoisotopic (exact) mass is 306 g/mol. The predicted molar refractivity (Wildman–Crippen MR) is 82.3 cm³/mol. The van der Waals surface area contributed by atoms with E-state index in [-0.39, 0.29) is 11.9 Å². The smallest absolute Gasteiger partial charge is 0.123 e. The molecule has 21 heavy (non-hydrogen) atoms. The maximum absolute atomic E-state index is 13.5. The van der Waals surface area contributed by atoms with E-state index in [9.17, 15) is 4.39 Å². The molecule has 1 atom stereocenters. The van der Waals surface area contributed by atoms with E-state index in [2.05, 4.69) is 5.32 Å². The van der Waals surface area contributed by atoms with Crippen molar-refractivity contribution in [3.63, 3.8) is 0 Å². The van der Waals surface area contributed by atoms with Crippen LogP contribution in [-0.4, -0.2) is 25.2 Å². The zero-order chi connectivity index (χ0) is 14.7. The molecule has 1 aromatic carbocycles. The van der Waals surface area contributed by atoms with Crippen LogP contribution in [0.15, 0.2) is 24.3 Å². The van der Waals surface area contributed by atoms with Crippen molar-refractivity contribution in [3.8, 4) is 0 Å². The third-order valence-corrected chi connectivity index (χ3v) is 4.92. The van der Waals surface area contributed by atoms with Crippen molar-refractivity contribution in [1.82, 2.24) is 10.3 Å². The van der Waals surface area contributed by atoms with Gasteiger partial charge < -0.3 is 10.1 Å². The first kappa shape index (κ1) is 14.6. The Morgan fingerprint density at radius 2 is 2.33 bits per heavy atom. The molecule has 1 N–H and O–H groups in total. The Labute approximate surface area is 128 Å². The van der Waals surface area contributed by atoms with Gasteiger partial charge in [0.25, 0.3) is 0 Å². The molecule has 3 rings (SSSR count). The molecule has 0 aliphatic heterocycles. The average molecular weight is 306 g/mol. The lowest BCUT2D eigenvalue weighted by atomic mass is 10.1. The summed E-state index contributed by atoms with van der Waals surface area (Å²) in [7, 11) is 1.68. The molecule has 1 aliphatic carbocycles. The van der Waals surface area contributed by atoms with Crippen LogP contribution in [0.2, 0.25) is 0 Å². The summed E-state index contributed by atoms with van der Waals surface area (Å²) in [6, 6.07) is 6.68. The molecular weight excluding hydrogens is 287 g/mol. The summed E-state index contributed by atoms with van der Waals surface area (Å²) in [6.07, 6.45) is 3.40. The van der Waals surface area contributed by atoms with Crippen LogP contribution >= 0.6 is 11.3 Å². The fraction of sp³-hybridized carbons (Fsp3) is 0.438. The Balaban J connectivity index is 1.87. The first-order chi connectivity index (χ1) is 10.3. The number of halogens is 1. The van der Waals surface area contributed by atoms with E-state index in [1.807, 2.05) is 6.07 Å². The minimum atomic E-state index is -0.213. The molecule has 5 heteroatoms. The molecule has 1 aliphatic rings. The van der Waals surface area contributed by atoms with Crippen molar-refractivity contribution in [1.29, 1.82) is 0 Å². The molecule has 1 aromatic heterocycles. The van der Waals surface area contributed by atoms with Crippen molar-refractivity contribution >= 4 is 11.3 Å². The van der Waals surface area contributed by atoms with Gasteiger partial charge in [-0.3, -0.25) is 0 Å². The van der Waals surface area contributed by atoms with Gasteiger partial charge in [0.15, 0.2) is 0 Å². The molecule has 1 unspecified atom stereocenters. The van der Waals surface area contributed by atoms with E-state index < -0.39 is 0 Å². The van der Waals surface area contributed by atoms with Crippen LogP contribution in [0.1, 0.15) is 33.6 Å². The zero-order valence-electron chi connectivity index (χ0n) is 12.1. The van der Waals surface area contributed by atoms with E-state index in [1.165, 1.54) is 23.1 Å². The van der Waals surface area contributed by atoms with Crippen LogP contribution in [0.4, 0.5) is 4.39 Å². The maximum atomic E-state index is 13.5. The number of nitrogens with zero attached hydrogens (tertiary/aromatic N) is 1. The van der Waals surface area contributed by atoms with E-state index in [0.29, 0.717) is 13.2 Å². The third kappa shape index (κ3) is 3.31. The summed E-state index contributed by atoms with van der Waals surface area (Å²) in [4.78, 5) is 6.16. The Bertz CT molecular complexity index is 593. The second kappa shape index (κ2) is 6.64. The Morgan fingerprint density at radius 1 is 1.43 bits per heavy atom. The maximum Gasteiger partial charge on any atom is 0.123 e. The number of fused-ring (bicyclic) bond motifs is 1. The number of thiazole rings is 1. The van der Waals surface area contributed by atoms with Crippen LogP contribution < -0.4 is 5.32 Å². The van der Waals surface area contributed by atoms with Crippen molar-refractivity contribution in [2.75, 3.05) is 20.3 Å². The molecule has 0 saturated heterocycles. The summed E-state index contributed by atoms with van der Waals surface area (Å²) < 4.78 is 18.6. The minimum absolute atomic E-state index is 0.0635. The molecule has 112 valence electrons. The molecule has 0 saturated carbocycles. The molecular formula is C16H19FN2OS. The van der Waals surface area contributed by atoms with Gasteiger partial charge in [0.05, 0.1) is 18.3 Å². The van der Waals surface area contributed by atoms with Crippen molar-refractivity contribution < 1.29 is 9.13 Å². The highest BCUT2D eigenvalue weighted by atomic mass is 32.1.